The van der Waals surface area contributed by atoms with E-state index in [1.54, 1.807) is 4.90 Å². The Kier molecular flexibility index (Phi) is 5.60. The molecule has 25 heavy (non-hydrogen) atoms. The molecule has 1 aromatic rings. The van der Waals surface area contributed by atoms with Gasteiger partial charge in [-0.25, -0.2) is 9.78 Å². The topological polar surface area (TPSA) is 84.5 Å². The maximum absolute atomic E-state index is 12.8. The molecule has 0 aromatic carbocycles. The van der Waals surface area contributed by atoms with Gasteiger partial charge >= 0.3 is 6.03 Å². The van der Waals surface area contributed by atoms with Crippen LogP contribution >= 0.6 is 0 Å². The van der Waals surface area contributed by atoms with Crippen molar-refractivity contribution in [1.29, 1.82) is 0 Å². The first-order valence-electron chi connectivity index (χ1n) is 9.35. The summed E-state index contributed by atoms with van der Waals surface area (Å²) in [4.78, 5) is 32.0. The molecular formula is C18H29N5O2. The van der Waals surface area contributed by atoms with Crippen molar-refractivity contribution < 1.29 is 9.59 Å². The number of imidazole rings is 1. The largest absolute Gasteiger partial charge is 0.351 e. The number of rotatable bonds is 4. The van der Waals surface area contributed by atoms with E-state index in [0.717, 1.165) is 57.6 Å². The number of urea groups is 1. The second kappa shape index (κ2) is 7.89. The molecule has 2 fully saturated rings. The lowest BCUT2D eigenvalue weighted by molar-refractivity contribution is -0.138. The van der Waals surface area contributed by atoms with Crippen LogP contribution in [0.3, 0.4) is 0 Å². The van der Waals surface area contributed by atoms with E-state index in [4.69, 9.17) is 5.73 Å². The van der Waals surface area contributed by atoms with E-state index in [1.165, 1.54) is 0 Å². The van der Waals surface area contributed by atoms with E-state index in [2.05, 4.69) is 9.55 Å². The molecule has 0 bridgehead atoms. The van der Waals surface area contributed by atoms with Gasteiger partial charge in [-0.05, 0) is 44.9 Å². The fraction of sp³-hybridized carbons (Fsp3) is 0.722. The maximum atomic E-state index is 12.8. The van der Waals surface area contributed by atoms with Crippen molar-refractivity contribution >= 4 is 11.9 Å². The number of aryl methyl sites for hydroxylation is 2. The van der Waals surface area contributed by atoms with Crippen LogP contribution in [0.25, 0.3) is 0 Å². The highest BCUT2D eigenvalue weighted by Gasteiger charge is 2.32. The third-order valence-electron chi connectivity index (χ3n) is 5.71. The fourth-order valence-electron chi connectivity index (χ4n) is 4.04. The zero-order chi connectivity index (χ0) is 17.8. The number of amides is 3. The van der Waals surface area contributed by atoms with E-state index >= 15 is 0 Å². The van der Waals surface area contributed by atoms with Crippen LogP contribution in [0.1, 0.15) is 37.9 Å². The van der Waals surface area contributed by atoms with Crippen LogP contribution in [-0.4, -0.2) is 57.5 Å². The third-order valence-corrected chi connectivity index (χ3v) is 5.71. The molecular weight excluding hydrogens is 318 g/mol. The number of primary amides is 1. The minimum absolute atomic E-state index is 0.0774. The summed E-state index contributed by atoms with van der Waals surface area (Å²) in [6.07, 6.45) is 8.86. The van der Waals surface area contributed by atoms with E-state index in [-0.39, 0.29) is 11.8 Å². The van der Waals surface area contributed by atoms with Crippen LogP contribution in [0, 0.1) is 18.8 Å². The summed E-state index contributed by atoms with van der Waals surface area (Å²) in [5, 5.41) is 0. The van der Waals surface area contributed by atoms with Gasteiger partial charge in [0.25, 0.3) is 0 Å². The van der Waals surface area contributed by atoms with E-state index in [0.29, 0.717) is 19.0 Å². The van der Waals surface area contributed by atoms with Gasteiger partial charge in [-0.3, -0.25) is 4.79 Å². The Labute approximate surface area is 149 Å². The molecule has 3 amide bonds. The molecule has 0 spiro atoms. The quantitative estimate of drug-likeness (QED) is 0.898. The van der Waals surface area contributed by atoms with Crippen molar-refractivity contribution in [3.8, 4) is 0 Å². The fourth-order valence-corrected chi connectivity index (χ4v) is 4.04. The summed E-state index contributed by atoms with van der Waals surface area (Å²) in [5.41, 5.74) is 5.37. The van der Waals surface area contributed by atoms with Crippen LogP contribution in [0.4, 0.5) is 4.79 Å². The monoisotopic (exact) mass is 347 g/mol. The van der Waals surface area contributed by atoms with Crippen molar-refractivity contribution in [1.82, 2.24) is 19.4 Å². The molecule has 2 aliphatic rings. The molecule has 2 saturated heterocycles. The molecule has 3 rings (SSSR count). The minimum atomic E-state index is -0.411. The third kappa shape index (κ3) is 4.32. The summed E-state index contributed by atoms with van der Waals surface area (Å²) >= 11 is 0. The Balaban J connectivity index is 1.44. The molecule has 138 valence electrons. The van der Waals surface area contributed by atoms with E-state index in [1.807, 2.05) is 24.2 Å². The second-order valence-electron chi connectivity index (χ2n) is 7.35. The number of hydrogen-bond acceptors (Lipinski definition) is 3. The van der Waals surface area contributed by atoms with Gasteiger partial charge < -0.3 is 20.1 Å². The predicted octanol–water partition coefficient (Wildman–Crippen LogP) is 1.61. The summed E-state index contributed by atoms with van der Waals surface area (Å²) in [6, 6.07) is -0.411. The predicted molar refractivity (Wildman–Crippen MR) is 94.8 cm³/mol. The van der Waals surface area contributed by atoms with Crippen LogP contribution < -0.4 is 5.73 Å². The summed E-state index contributed by atoms with van der Waals surface area (Å²) in [7, 11) is 0. The number of carbonyl (C=O) groups is 2. The number of aromatic nitrogens is 2. The van der Waals surface area contributed by atoms with Gasteiger partial charge in [0, 0.05) is 45.1 Å². The molecule has 0 unspecified atom stereocenters. The lowest BCUT2D eigenvalue weighted by atomic mass is 9.91. The van der Waals surface area contributed by atoms with Crippen molar-refractivity contribution in [3.63, 3.8) is 0 Å². The number of hydrogen-bond donors (Lipinski definition) is 1. The van der Waals surface area contributed by atoms with Gasteiger partial charge in [0.1, 0.15) is 5.82 Å². The van der Waals surface area contributed by atoms with Crippen molar-refractivity contribution in [2.24, 2.45) is 17.6 Å². The summed E-state index contributed by atoms with van der Waals surface area (Å²) in [5.74, 6) is 1.85. The lowest BCUT2D eigenvalue weighted by Crippen LogP contribution is -2.49. The maximum Gasteiger partial charge on any atom is 0.314 e. The molecule has 2 N–H and O–H groups in total. The van der Waals surface area contributed by atoms with E-state index < -0.39 is 6.03 Å². The Morgan fingerprint density at radius 2 is 1.96 bits per heavy atom. The minimum Gasteiger partial charge on any atom is -0.351 e. The first-order chi connectivity index (χ1) is 12.0. The Hall–Kier alpha value is -2.05. The van der Waals surface area contributed by atoms with Gasteiger partial charge in [0.05, 0.1) is 5.92 Å². The number of piperidine rings is 2. The van der Waals surface area contributed by atoms with Gasteiger partial charge in [0.2, 0.25) is 5.91 Å². The number of carbonyl (C=O) groups excluding carboxylic acids is 2. The molecule has 7 nitrogen and oxygen atoms in total. The molecule has 2 aliphatic heterocycles. The summed E-state index contributed by atoms with van der Waals surface area (Å²) in [6.45, 7) is 5.85. The van der Waals surface area contributed by atoms with Crippen LogP contribution in [0.5, 0.6) is 0 Å². The number of nitrogens with two attached hydrogens (primary N) is 1. The zero-order valence-electron chi connectivity index (χ0n) is 15.1. The molecule has 0 saturated carbocycles. The van der Waals surface area contributed by atoms with Gasteiger partial charge in [-0.15, -0.1) is 0 Å². The molecule has 3 heterocycles. The number of nitrogens with zero attached hydrogens (tertiary/aromatic N) is 4. The van der Waals surface area contributed by atoms with Crippen LogP contribution in [-0.2, 0) is 11.3 Å². The Morgan fingerprint density at radius 3 is 2.60 bits per heavy atom. The molecule has 1 atom stereocenters. The van der Waals surface area contributed by atoms with Gasteiger partial charge in [0.15, 0.2) is 0 Å². The normalized spacial score (nSPS) is 22.2. The van der Waals surface area contributed by atoms with E-state index in [9.17, 15) is 9.59 Å². The Morgan fingerprint density at radius 1 is 1.20 bits per heavy atom. The van der Waals surface area contributed by atoms with Crippen molar-refractivity contribution in [2.75, 3.05) is 26.2 Å². The average Bonchev–Trinajstić information content (AvgIpc) is 3.05. The molecule has 0 aliphatic carbocycles. The highest BCUT2D eigenvalue weighted by molar-refractivity contribution is 5.80. The standard InChI is InChI=1S/C18H29N5O2/c1-14-20-7-12-21(14)9-4-15-5-10-22(11-6-15)17(24)16-3-2-8-23(13-16)18(19)25/h7,12,15-16H,2-6,8-11,13H2,1H3,(H2,19,25)/t16-/m1/s1. The smallest absolute Gasteiger partial charge is 0.314 e. The van der Waals surface area contributed by atoms with Gasteiger partial charge in [-0.1, -0.05) is 0 Å². The highest BCUT2D eigenvalue weighted by Crippen LogP contribution is 2.25. The highest BCUT2D eigenvalue weighted by atomic mass is 16.2. The number of likely N-dealkylation sites (tertiary alicyclic amines) is 2. The van der Waals surface area contributed by atoms with Crippen LogP contribution in [0.15, 0.2) is 12.4 Å². The van der Waals surface area contributed by atoms with Gasteiger partial charge in [-0.2, -0.15) is 0 Å². The average molecular weight is 347 g/mol. The lowest BCUT2D eigenvalue weighted by Gasteiger charge is -2.37. The zero-order valence-corrected chi connectivity index (χ0v) is 15.1. The molecule has 7 heteroatoms. The van der Waals surface area contributed by atoms with Crippen LogP contribution in [0.2, 0.25) is 0 Å². The molecule has 1 aromatic heterocycles. The van der Waals surface area contributed by atoms with Crippen molar-refractivity contribution in [2.45, 2.75) is 45.6 Å². The first kappa shape index (κ1) is 17.8. The first-order valence-corrected chi connectivity index (χ1v) is 9.35. The van der Waals surface area contributed by atoms with Crippen molar-refractivity contribution in [3.05, 3.63) is 18.2 Å². The summed E-state index contributed by atoms with van der Waals surface area (Å²) < 4.78 is 2.19. The second-order valence-corrected chi connectivity index (χ2v) is 7.35. The molecule has 0 radical (unpaired) electrons. The SMILES string of the molecule is Cc1nccn1CCC1CCN(C(=O)[C@@H]2CCCN(C(N)=O)C2)CC1. The Bertz CT molecular complexity index is 606.